The Labute approximate surface area is 98.7 Å². The maximum absolute atomic E-state index is 11.7. The van der Waals surface area contributed by atoms with Crippen LogP contribution < -0.4 is 5.32 Å². The Balaban J connectivity index is 2.87. The number of aromatic amines is 1. The third kappa shape index (κ3) is 2.93. The number of H-pyrrole nitrogens is 1. The number of carboxylic acids is 1. The van der Waals surface area contributed by atoms with Crippen molar-refractivity contribution in [3.05, 3.63) is 22.9 Å². The van der Waals surface area contributed by atoms with Crippen molar-refractivity contribution in [1.29, 1.82) is 0 Å². The van der Waals surface area contributed by atoms with Gasteiger partial charge in [0.1, 0.15) is 5.82 Å². The van der Waals surface area contributed by atoms with Crippen molar-refractivity contribution in [3.8, 4) is 0 Å². The van der Waals surface area contributed by atoms with Crippen LogP contribution in [0.1, 0.15) is 26.3 Å². The van der Waals surface area contributed by atoms with Gasteiger partial charge in [-0.15, -0.1) is 0 Å². The molecular formula is C11H15N3O3. The molecule has 17 heavy (non-hydrogen) atoms. The van der Waals surface area contributed by atoms with Gasteiger partial charge in [0.15, 0.2) is 0 Å². The standard InChI is InChI=1S/C11H15N3O3/c1-4-8-5-12-14-9(8)13-10(15)6(2)7(3)11(16)17/h5H,4H2,1-3H3,(H,16,17)(H2,12,13,14,15). The third-order valence-corrected chi connectivity index (χ3v) is 2.56. The summed E-state index contributed by atoms with van der Waals surface area (Å²) in [5.74, 6) is -1.03. The Bertz CT molecular complexity index is 474. The molecule has 0 atom stereocenters. The number of hydrogen-bond acceptors (Lipinski definition) is 3. The monoisotopic (exact) mass is 237 g/mol. The number of carbonyl (C=O) groups is 2. The number of aromatic nitrogens is 2. The zero-order chi connectivity index (χ0) is 13.0. The molecule has 0 radical (unpaired) electrons. The first kappa shape index (κ1) is 13.0. The average molecular weight is 237 g/mol. The molecule has 0 aromatic carbocycles. The summed E-state index contributed by atoms with van der Waals surface area (Å²) >= 11 is 0. The van der Waals surface area contributed by atoms with Gasteiger partial charge in [-0.2, -0.15) is 5.10 Å². The summed E-state index contributed by atoms with van der Waals surface area (Å²) in [6, 6.07) is 0. The molecule has 0 saturated carbocycles. The lowest BCUT2D eigenvalue weighted by molar-refractivity contribution is -0.133. The number of hydrogen-bond donors (Lipinski definition) is 3. The fourth-order valence-corrected chi connectivity index (χ4v) is 1.23. The lowest BCUT2D eigenvalue weighted by Gasteiger charge is -2.06. The molecule has 1 aromatic rings. The minimum atomic E-state index is -1.10. The van der Waals surface area contributed by atoms with Crippen LogP contribution in [0.5, 0.6) is 0 Å². The molecule has 0 unspecified atom stereocenters. The molecule has 1 heterocycles. The molecule has 0 aliphatic rings. The van der Waals surface area contributed by atoms with E-state index in [4.69, 9.17) is 5.11 Å². The minimum Gasteiger partial charge on any atom is -0.478 e. The van der Waals surface area contributed by atoms with E-state index in [-0.39, 0.29) is 11.1 Å². The highest BCUT2D eigenvalue weighted by Gasteiger charge is 2.14. The second-order valence-electron chi connectivity index (χ2n) is 3.63. The molecule has 1 rings (SSSR count). The van der Waals surface area contributed by atoms with Gasteiger partial charge in [-0.25, -0.2) is 4.79 Å². The van der Waals surface area contributed by atoms with E-state index in [9.17, 15) is 9.59 Å². The van der Waals surface area contributed by atoms with Gasteiger partial charge in [-0.1, -0.05) is 6.92 Å². The number of anilines is 1. The largest absolute Gasteiger partial charge is 0.478 e. The van der Waals surface area contributed by atoms with Gasteiger partial charge in [0.2, 0.25) is 0 Å². The Morgan fingerprint density at radius 1 is 1.41 bits per heavy atom. The van der Waals surface area contributed by atoms with Gasteiger partial charge in [0, 0.05) is 16.7 Å². The van der Waals surface area contributed by atoms with Crippen molar-refractivity contribution in [3.63, 3.8) is 0 Å². The van der Waals surface area contributed by atoms with Crippen molar-refractivity contribution < 1.29 is 14.7 Å². The van der Waals surface area contributed by atoms with Gasteiger partial charge in [0.05, 0.1) is 6.20 Å². The van der Waals surface area contributed by atoms with Crippen LogP contribution in [-0.4, -0.2) is 27.2 Å². The van der Waals surface area contributed by atoms with Gasteiger partial charge < -0.3 is 10.4 Å². The molecule has 0 bridgehead atoms. The lowest BCUT2D eigenvalue weighted by atomic mass is 10.1. The zero-order valence-corrected chi connectivity index (χ0v) is 10.00. The molecule has 0 aliphatic carbocycles. The van der Waals surface area contributed by atoms with Crippen molar-refractivity contribution in [2.75, 3.05) is 5.32 Å². The van der Waals surface area contributed by atoms with Gasteiger partial charge in [0.25, 0.3) is 5.91 Å². The van der Waals surface area contributed by atoms with E-state index in [1.165, 1.54) is 13.8 Å². The SMILES string of the molecule is CCc1cn[nH]c1NC(=O)C(C)=C(C)C(=O)O. The molecule has 6 heteroatoms. The summed E-state index contributed by atoms with van der Waals surface area (Å²) in [5, 5.41) is 17.8. The molecule has 1 amide bonds. The lowest BCUT2D eigenvalue weighted by Crippen LogP contribution is -2.17. The van der Waals surface area contributed by atoms with Gasteiger partial charge >= 0.3 is 5.97 Å². The summed E-state index contributed by atoms with van der Waals surface area (Å²) in [5.41, 5.74) is 1.08. The van der Waals surface area contributed by atoms with Crippen molar-refractivity contribution in [2.24, 2.45) is 0 Å². The number of rotatable bonds is 4. The molecule has 0 fully saturated rings. The minimum absolute atomic E-state index is 0.0278. The smallest absolute Gasteiger partial charge is 0.331 e. The molecule has 3 N–H and O–H groups in total. The molecule has 0 saturated heterocycles. The Morgan fingerprint density at radius 3 is 2.59 bits per heavy atom. The molecule has 0 aliphatic heterocycles. The highest BCUT2D eigenvalue weighted by molar-refractivity contribution is 6.07. The Hall–Kier alpha value is -2.11. The molecular weight excluding hydrogens is 222 g/mol. The third-order valence-electron chi connectivity index (χ3n) is 2.56. The van der Waals surface area contributed by atoms with Crippen LogP contribution in [0.25, 0.3) is 0 Å². The molecule has 0 spiro atoms. The summed E-state index contributed by atoms with van der Waals surface area (Å²) in [6.07, 6.45) is 2.35. The summed E-state index contributed by atoms with van der Waals surface area (Å²) < 4.78 is 0. The van der Waals surface area contributed by atoms with E-state index >= 15 is 0 Å². The number of nitrogens with zero attached hydrogens (tertiary/aromatic N) is 1. The van der Waals surface area contributed by atoms with E-state index < -0.39 is 11.9 Å². The van der Waals surface area contributed by atoms with Gasteiger partial charge in [-0.05, 0) is 20.3 Å². The maximum atomic E-state index is 11.7. The first-order valence-corrected chi connectivity index (χ1v) is 5.21. The predicted octanol–water partition coefficient (Wildman–Crippen LogP) is 1.33. The number of carboxylic acid groups (broad SMARTS) is 1. The highest BCUT2D eigenvalue weighted by Crippen LogP contribution is 2.13. The van der Waals surface area contributed by atoms with Crippen LogP contribution in [0.2, 0.25) is 0 Å². The molecule has 92 valence electrons. The van der Waals surface area contributed by atoms with Crippen molar-refractivity contribution in [1.82, 2.24) is 10.2 Å². The summed E-state index contributed by atoms with van der Waals surface area (Å²) in [6.45, 7) is 4.80. The topological polar surface area (TPSA) is 95.1 Å². The van der Waals surface area contributed by atoms with Crippen LogP contribution in [0, 0.1) is 0 Å². The average Bonchev–Trinajstić information content (AvgIpc) is 2.73. The van der Waals surface area contributed by atoms with Crippen LogP contribution in [0.15, 0.2) is 17.3 Å². The Morgan fingerprint density at radius 2 is 2.06 bits per heavy atom. The van der Waals surface area contributed by atoms with Crippen molar-refractivity contribution in [2.45, 2.75) is 27.2 Å². The van der Waals surface area contributed by atoms with E-state index in [1.807, 2.05) is 6.92 Å². The number of carbonyl (C=O) groups excluding carboxylic acids is 1. The second kappa shape index (κ2) is 5.29. The Kier molecular flexibility index (Phi) is 4.03. The number of aliphatic carboxylic acids is 1. The van der Waals surface area contributed by atoms with Crippen molar-refractivity contribution >= 4 is 17.7 Å². The fourth-order valence-electron chi connectivity index (χ4n) is 1.23. The van der Waals surface area contributed by atoms with Gasteiger partial charge in [-0.3, -0.25) is 9.89 Å². The van der Waals surface area contributed by atoms with E-state index in [0.717, 1.165) is 12.0 Å². The summed E-state index contributed by atoms with van der Waals surface area (Å²) in [7, 11) is 0. The fraction of sp³-hybridized carbons (Fsp3) is 0.364. The maximum Gasteiger partial charge on any atom is 0.331 e. The number of amides is 1. The van der Waals surface area contributed by atoms with E-state index in [2.05, 4.69) is 15.5 Å². The second-order valence-corrected chi connectivity index (χ2v) is 3.63. The van der Waals surface area contributed by atoms with Crippen LogP contribution >= 0.6 is 0 Å². The number of aryl methyl sites for hydroxylation is 1. The van der Waals surface area contributed by atoms with Crippen LogP contribution in [0.3, 0.4) is 0 Å². The van der Waals surface area contributed by atoms with E-state index in [1.54, 1.807) is 6.20 Å². The quantitative estimate of drug-likeness (QED) is 0.688. The predicted molar refractivity (Wildman–Crippen MR) is 62.6 cm³/mol. The molecule has 6 nitrogen and oxygen atoms in total. The first-order valence-electron chi connectivity index (χ1n) is 5.21. The highest BCUT2D eigenvalue weighted by atomic mass is 16.4. The van der Waals surface area contributed by atoms with Crippen LogP contribution in [-0.2, 0) is 16.0 Å². The zero-order valence-electron chi connectivity index (χ0n) is 10.00. The molecule has 1 aromatic heterocycles. The number of nitrogens with one attached hydrogen (secondary N) is 2. The van der Waals surface area contributed by atoms with Crippen LogP contribution in [0.4, 0.5) is 5.82 Å². The normalized spacial score (nSPS) is 11.9. The first-order chi connectivity index (χ1) is 7.97. The summed E-state index contributed by atoms with van der Waals surface area (Å²) in [4.78, 5) is 22.5. The van der Waals surface area contributed by atoms with E-state index in [0.29, 0.717) is 5.82 Å².